The first-order chi connectivity index (χ1) is 10.2. The van der Waals surface area contributed by atoms with Gasteiger partial charge in [0.15, 0.2) is 5.96 Å². The number of benzene rings is 1. The SMILES string of the molecule is C#Cc1cccc(NC(=O)CN=C(NCC)NC2CC2)c1.I. The molecule has 1 fully saturated rings. The molecule has 2 rings (SSSR count). The van der Waals surface area contributed by atoms with Gasteiger partial charge in [0.2, 0.25) is 5.91 Å². The van der Waals surface area contributed by atoms with Crippen LogP contribution in [0.25, 0.3) is 0 Å². The minimum atomic E-state index is -0.169. The van der Waals surface area contributed by atoms with Crippen molar-refractivity contribution in [2.45, 2.75) is 25.8 Å². The van der Waals surface area contributed by atoms with Crippen LogP contribution in [0.4, 0.5) is 5.69 Å². The molecule has 6 heteroatoms. The first-order valence-corrected chi connectivity index (χ1v) is 7.12. The standard InChI is InChI=1S/C16H20N4O.HI/c1-3-12-6-5-7-14(10-12)19-15(21)11-18-16(17-4-2)20-13-8-9-13;/h1,5-7,10,13H,4,8-9,11H2,2H3,(H,19,21)(H2,17,18,20);1H. The highest BCUT2D eigenvalue weighted by Gasteiger charge is 2.22. The zero-order valence-corrected chi connectivity index (χ0v) is 14.9. The smallest absolute Gasteiger partial charge is 0.246 e. The van der Waals surface area contributed by atoms with Crippen molar-refractivity contribution in [1.82, 2.24) is 10.6 Å². The summed E-state index contributed by atoms with van der Waals surface area (Å²) in [5.41, 5.74) is 1.42. The van der Waals surface area contributed by atoms with Gasteiger partial charge in [-0.2, -0.15) is 0 Å². The van der Waals surface area contributed by atoms with Crippen molar-refractivity contribution in [1.29, 1.82) is 0 Å². The number of hydrogen-bond acceptors (Lipinski definition) is 2. The summed E-state index contributed by atoms with van der Waals surface area (Å²) in [7, 11) is 0. The zero-order chi connectivity index (χ0) is 15.1. The number of rotatable bonds is 5. The van der Waals surface area contributed by atoms with Gasteiger partial charge in [0.1, 0.15) is 6.54 Å². The van der Waals surface area contributed by atoms with Crippen LogP contribution in [0.2, 0.25) is 0 Å². The van der Waals surface area contributed by atoms with Crippen LogP contribution in [0.15, 0.2) is 29.3 Å². The second kappa shape index (κ2) is 9.30. The van der Waals surface area contributed by atoms with E-state index in [4.69, 9.17) is 6.42 Å². The van der Waals surface area contributed by atoms with Crippen LogP contribution < -0.4 is 16.0 Å². The summed E-state index contributed by atoms with van der Waals surface area (Å²) in [4.78, 5) is 16.2. The molecule has 0 unspecified atom stereocenters. The van der Waals surface area contributed by atoms with Crippen LogP contribution in [0.1, 0.15) is 25.3 Å². The quantitative estimate of drug-likeness (QED) is 0.300. The highest BCUT2D eigenvalue weighted by molar-refractivity contribution is 14.0. The number of carbonyl (C=O) groups is 1. The van der Waals surface area contributed by atoms with Crippen molar-refractivity contribution in [2.24, 2.45) is 4.99 Å². The minimum Gasteiger partial charge on any atom is -0.357 e. The summed E-state index contributed by atoms with van der Waals surface area (Å²) in [6.07, 6.45) is 7.66. The van der Waals surface area contributed by atoms with Crippen LogP contribution in [-0.4, -0.2) is 31.0 Å². The summed E-state index contributed by atoms with van der Waals surface area (Å²) in [5.74, 6) is 3.06. The Labute approximate surface area is 148 Å². The fourth-order valence-electron chi connectivity index (χ4n) is 1.78. The van der Waals surface area contributed by atoms with Gasteiger partial charge in [-0.15, -0.1) is 30.4 Å². The summed E-state index contributed by atoms with van der Waals surface area (Å²) < 4.78 is 0. The van der Waals surface area contributed by atoms with Crippen molar-refractivity contribution >= 4 is 41.5 Å². The minimum absolute atomic E-state index is 0. The predicted octanol–water partition coefficient (Wildman–Crippen LogP) is 1.94. The third-order valence-electron chi connectivity index (χ3n) is 2.96. The largest absolute Gasteiger partial charge is 0.357 e. The third-order valence-corrected chi connectivity index (χ3v) is 2.96. The molecular formula is C16H21IN4O. The monoisotopic (exact) mass is 412 g/mol. The van der Waals surface area contributed by atoms with Crippen molar-refractivity contribution in [3.8, 4) is 12.3 Å². The van der Waals surface area contributed by atoms with Gasteiger partial charge in [0, 0.05) is 23.8 Å². The van der Waals surface area contributed by atoms with Gasteiger partial charge in [-0.3, -0.25) is 4.79 Å². The lowest BCUT2D eigenvalue weighted by Gasteiger charge is -2.10. The van der Waals surface area contributed by atoms with E-state index in [1.165, 1.54) is 0 Å². The Balaban J connectivity index is 0.00000242. The predicted molar refractivity (Wildman–Crippen MR) is 101 cm³/mol. The van der Waals surface area contributed by atoms with E-state index in [1.807, 2.05) is 19.1 Å². The molecule has 5 nitrogen and oxygen atoms in total. The Morgan fingerprint density at radius 2 is 2.23 bits per heavy atom. The highest BCUT2D eigenvalue weighted by Crippen LogP contribution is 2.18. The number of amides is 1. The Morgan fingerprint density at radius 3 is 2.86 bits per heavy atom. The number of nitrogens with one attached hydrogen (secondary N) is 3. The lowest BCUT2D eigenvalue weighted by Crippen LogP contribution is -2.39. The lowest BCUT2D eigenvalue weighted by molar-refractivity contribution is -0.114. The van der Waals surface area contributed by atoms with Crippen LogP contribution in [0, 0.1) is 12.3 Å². The van der Waals surface area contributed by atoms with Gasteiger partial charge in [0.25, 0.3) is 0 Å². The molecule has 1 saturated carbocycles. The molecule has 0 atom stereocenters. The molecule has 1 amide bonds. The second-order valence-corrected chi connectivity index (χ2v) is 4.89. The Bertz CT molecular complexity index is 576. The van der Waals surface area contributed by atoms with Crippen LogP contribution >= 0.6 is 24.0 Å². The summed E-state index contributed by atoms with van der Waals surface area (Å²) >= 11 is 0. The first kappa shape index (κ1) is 18.3. The topological polar surface area (TPSA) is 65.5 Å². The van der Waals surface area contributed by atoms with Crippen molar-refractivity contribution in [3.05, 3.63) is 29.8 Å². The molecular weight excluding hydrogens is 391 g/mol. The van der Waals surface area contributed by atoms with Gasteiger partial charge >= 0.3 is 0 Å². The van der Waals surface area contributed by atoms with Gasteiger partial charge in [-0.05, 0) is 38.0 Å². The molecule has 0 radical (unpaired) electrons. The molecule has 3 N–H and O–H groups in total. The van der Waals surface area contributed by atoms with Gasteiger partial charge in [0.05, 0.1) is 0 Å². The molecule has 1 aliphatic rings. The van der Waals surface area contributed by atoms with E-state index >= 15 is 0 Å². The van der Waals surface area contributed by atoms with Gasteiger partial charge in [-0.1, -0.05) is 12.0 Å². The van der Waals surface area contributed by atoms with Crippen LogP contribution in [0.3, 0.4) is 0 Å². The molecule has 22 heavy (non-hydrogen) atoms. The average Bonchev–Trinajstić information content (AvgIpc) is 3.29. The molecule has 1 aromatic carbocycles. The molecule has 0 spiro atoms. The van der Waals surface area contributed by atoms with Gasteiger partial charge < -0.3 is 16.0 Å². The maximum absolute atomic E-state index is 11.9. The molecule has 1 aliphatic carbocycles. The Hall–Kier alpha value is -1.75. The number of nitrogens with zero attached hydrogens (tertiary/aromatic N) is 1. The second-order valence-electron chi connectivity index (χ2n) is 4.89. The molecule has 118 valence electrons. The number of terminal acetylenes is 1. The number of aliphatic imine (C=N–C) groups is 1. The molecule has 0 aromatic heterocycles. The van der Waals surface area contributed by atoms with Crippen LogP contribution in [0.5, 0.6) is 0 Å². The summed E-state index contributed by atoms with van der Waals surface area (Å²) in [6.45, 7) is 2.84. The van der Waals surface area contributed by atoms with E-state index in [-0.39, 0.29) is 36.4 Å². The Morgan fingerprint density at radius 1 is 1.45 bits per heavy atom. The first-order valence-electron chi connectivity index (χ1n) is 7.12. The molecule has 0 heterocycles. The number of halogens is 1. The maximum Gasteiger partial charge on any atom is 0.246 e. The maximum atomic E-state index is 11.9. The van der Waals surface area contributed by atoms with E-state index in [9.17, 15) is 4.79 Å². The zero-order valence-electron chi connectivity index (χ0n) is 12.6. The van der Waals surface area contributed by atoms with E-state index in [0.29, 0.717) is 17.7 Å². The molecule has 0 aliphatic heterocycles. The lowest BCUT2D eigenvalue weighted by atomic mass is 10.2. The van der Waals surface area contributed by atoms with E-state index < -0.39 is 0 Å². The van der Waals surface area contributed by atoms with E-state index in [0.717, 1.165) is 24.9 Å². The highest BCUT2D eigenvalue weighted by atomic mass is 127. The fourth-order valence-corrected chi connectivity index (χ4v) is 1.78. The Kier molecular flexibility index (Phi) is 7.74. The number of carbonyl (C=O) groups excluding carboxylic acids is 1. The summed E-state index contributed by atoms with van der Waals surface area (Å²) in [5, 5.41) is 9.17. The average molecular weight is 412 g/mol. The fraction of sp³-hybridized carbons (Fsp3) is 0.375. The van der Waals surface area contributed by atoms with Crippen molar-refractivity contribution in [2.75, 3.05) is 18.4 Å². The van der Waals surface area contributed by atoms with E-state index in [2.05, 4.69) is 26.9 Å². The third kappa shape index (κ3) is 6.35. The molecule has 1 aromatic rings. The van der Waals surface area contributed by atoms with Crippen molar-refractivity contribution < 1.29 is 4.79 Å². The normalized spacial score (nSPS) is 13.5. The molecule has 0 bridgehead atoms. The van der Waals surface area contributed by atoms with Crippen LogP contribution in [-0.2, 0) is 4.79 Å². The number of anilines is 1. The van der Waals surface area contributed by atoms with E-state index in [1.54, 1.807) is 12.1 Å². The summed E-state index contributed by atoms with van der Waals surface area (Å²) in [6, 6.07) is 7.69. The van der Waals surface area contributed by atoms with Crippen molar-refractivity contribution in [3.63, 3.8) is 0 Å². The molecule has 0 saturated heterocycles. The number of hydrogen-bond donors (Lipinski definition) is 3. The number of guanidine groups is 1. The van der Waals surface area contributed by atoms with Gasteiger partial charge in [-0.25, -0.2) is 4.99 Å².